The molecule has 0 bridgehead atoms. The quantitative estimate of drug-likeness (QED) is 0.382. The zero-order valence-electron chi connectivity index (χ0n) is 17.9. The van der Waals surface area contributed by atoms with E-state index in [0.717, 1.165) is 16.0 Å². The maximum absolute atomic E-state index is 13.6. The predicted molar refractivity (Wildman–Crippen MR) is 132 cm³/mol. The van der Waals surface area contributed by atoms with Crippen LogP contribution in [0.1, 0.15) is 22.9 Å². The Balaban J connectivity index is 1.47. The highest BCUT2D eigenvalue weighted by Crippen LogP contribution is 2.44. The molecule has 2 aliphatic rings. The Labute approximate surface area is 204 Å². The maximum atomic E-state index is 13.6. The summed E-state index contributed by atoms with van der Waals surface area (Å²) in [5, 5.41) is 11.9. The van der Waals surface area contributed by atoms with Crippen LogP contribution >= 0.6 is 23.5 Å². The Bertz CT molecular complexity index is 1190. The number of aromatic amines is 1. The molecule has 1 amide bonds. The van der Waals surface area contributed by atoms with E-state index in [-0.39, 0.29) is 17.0 Å². The van der Waals surface area contributed by atoms with Crippen molar-refractivity contribution in [3.63, 3.8) is 0 Å². The van der Waals surface area contributed by atoms with E-state index in [9.17, 15) is 9.59 Å². The first kappa shape index (κ1) is 22.5. The van der Waals surface area contributed by atoms with E-state index in [4.69, 9.17) is 10.5 Å². The minimum atomic E-state index is -0.621. The van der Waals surface area contributed by atoms with Crippen LogP contribution in [0.25, 0.3) is 6.08 Å². The van der Waals surface area contributed by atoms with Gasteiger partial charge in [0.2, 0.25) is 5.91 Å². The van der Waals surface area contributed by atoms with Gasteiger partial charge in [-0.05, 0) is 22.6 Å². The lowest BCUT2D eigenvalue weighted by atomic mass is 10.0. The SMILES string of the molecule is N[C@@H]1C(=O)N2C(C(=O)OC(c3ccccc3)c3ccccc3)=C(S/C=C/c3cn[nH]n3)CS[C@H]12. The fraction of sp³-hybridized carbons (Fsp3) is 0.167. The number of carbonyl (C=O) groups excluding carboxylic acids is 2. The predicted octanol–water partition coefficient (Wildman–Crippen LogP) is 3.30. The molecular formula is C24H21N5O3S2. The van der Waals surface area contributed by atoms with Gasteiger partial charge in [0.25, 0.3) is 0 Å². The molecule has 10 heteroatoms. The molecule has 0 spiro atoms. The highest BCUT2D eigenvalue weighted by molar-refractivity contribution is 8.08. The van der Waals surface area contributed by atoms with Crippen LogP contribution in [0.4, 0.5) is 0 Å². The molecule has 0 radical (unpaired) electrons. The minimum Gasteiger partial charge on any atom is -0.448 e. The molecule has 2 atom stereocenters. The van der Waals surface area contributed by atoms with Crippen molar-refractivity contribution in [3.05, 3.63) is 99.7 Å². The average molecular weight is 492 g/mol. The summed E-state index contributed by atoms with van der Waals surface area (Å²) < 4.78 is 6.08. The standard InChI is InChI=1S/C24H21N5O3S2/c25-19-22(30)29-20(18(14-34-23(19)29)33-12-11-17-13-26-28-27-17)24(31)32-21(15-7-3-1-4-8-15)16-9-5-2-6-10-16/h1-13,19,21,23H,14,25H2,(H,26,27,28)/b12-11+/t19-,23-/m1/s1. The molecule has 3 N–H and O–H groups in total. The Morgan fingerprint density at radius 2 is 1.85 bits per heavy atom. The first-order chi connectivity index (χ1) is 16.6. The molecule has 1 aromatic heterocycles. The summed E-state index contributed by atoms with van der Waals surface area (Å²) >= 11 is 2.89. The summed E-state index contributed by atoms with van der Waals surface area (Å²) in [5.41, 5.74) is 8.61. The van der Waals surface area contributed by atoms with Crippen LogP contribution in [0.3, 0.4) is 0 Å². The molecule has 1 saturated heterocycles. The van der Waals surface area contributed by atoms with E-state index >= 15 is 0 Å². The number of carbonyl (C=O) groups is 2. The summed E-state index contributed by atoms with van der Waals surface area (Å²) in [4.78, 5) is 28.4. The van der Waals surface area contributed by atoms with E-state index in [1.807, 2.05) is 66.1 Å². The van der Waals surface area contributed by atoms with Crippen molar-refractivity contribution in [1.82, 2.24) is 20.3 Å². The molecule has 2 aliphatic heterocycles. The third kappa shape index (κ3) is 4.39. The Hall–Kier alpha value is -3.34. The molecular weight excluding hydrogens is 470 g/mol. The number of aromatic nitrogens is 3. The Morgan fingerprint density at radius 3 is 2.47 bits per heavy atom. The van der Waals surface area contributed by atoms with Gasteiger partial charge in [-0.2, -0.15) is 15.4 Å². The van der Waals surface area contributed by atoms with E-state index < -0.39 is 18.1 Å². The second-order valence-corrected chi connectivity index (χ2v) is 9.74. The topological polar surface area (TPSA) is 114 Å². The number of H-pyrrole nitrogens is 1. The number of hydrogen-bond acceptors (Lipinski definition) is 8. The molecule has 3 aromatic rings. The molecule has 0 aliphatic carbocycles. The molecule has 0 saturated carbocycles. The van der Waals surface area contributed by atoms with E-state index in [2.05, 4.69) is 15.4 Å². The fourth-order valence-corrected chi connectivity index (χ4v) is 6.07. The fourth-order valence-electron chi connectivity index (χ4n) is 3.79. The molecule has 172 valence electrons. The molecule has 8 nitrogen and oxygen atoms in total. The zero-order valence-corrected chi connectivity index (χ0v) is 19.5. The lowest BCUT2D eigenvalue weighted by molar-refractivity contribution is -0.152. The monoisotopic (exact) mass is 491 g/mol. The van der Waals surface area contributed by atoms with Gasteiger partial charge in [-0.3, -0.25) is 9.69 Å². The molecule has 34 heavy (non-hydrogen) atoms. The molecule has 0 unspecified atom stereocenters. The van der Waals surface area contributed by atoms with Crippen molar-refractivity contribution in [2.75, 3.05) is 5.75 Å². The second kappa shape index (κ2) is 9.88. The first-order valence-corrected chi connectivity index (χ1v) is 12.5. The summed E-state index contributed by atoms with van der Waals surface area (Å²) in [6, 6.07) is 18.5. The van der Waals surface area contributed by atoms with Gasteiger partial charge in [0.05, 0.1) is 6.20 Å². The summed E-state index contributed by atoms with van der Waals surface area (Å²) in [6.45, 7) is 0. The number of hydrogen-bond donors (Lipinski definition) is 2. The summed E-state index contributed by atoms with van der Waals surface area (Å²) in [6.07, 6.45) is 2.76. The Morgan fingerprint density at radius 1 is 1.18 bits per heavy atom. The molecule has 5 rings (SSSR count). The van der Waals surface area contributed by atoms with E-state index in [0.29, 0.717) is 11.4 Å². The summed E-state index contributed by atoms with van der Waals surface area (Å²) in [5.74, 6) is -0.291. The lowest BCUT2D eigenvalue weighted by Crippen LogP contribution is -2.68. The van der Waals surface area contributed by atoms with Crippen LogP contribution in [0, 0.1) is 0 Å². The number of rotatable bonds is 7. The molecule has 2 aromatic carbocycles. The normalized spacial score (nSPS) is 19.9. The molecule has 3 heterocycles. The van der Waals surface area contributed by atoms with Gasteiger partial charge in [0.1, 0.15) is 22.8 Å². The number of fused-ring (bicyclic) bond motifs is 1. The lowest BCUT2D eigenvalue weighted by Gasteiger charge is -2.48. The van der Waals surface area contributed by atoms with Crippen molar-refractivity contribution in [1.29, 1.82) is 0 Å². The van der Waals surface area contributed by atoms with Gasteiger partial charge in [-0.25, -0.2) is 4.79 Å². The van der Waals surface area contributed by atoms with Crippen molar-refractivity contribution in [2.45, 2.75) is 17.5 Å². The van der Waals surface area contributed by atoms with Crippen LogP contribution in [0.2, 0.25) is 0 Å². The van der Waals surface area contributed by atoms with Crippen LogP contribution in [0.15, 0.2) is 82.9 Å². The van der Waals surface area contributed by atoms with Gasteiger partial charge in [0.15, 0.2) is 6.10 Å². The van der Waals surface area contributed by atoms with E-state index in [1.165, 1.54) is 28.4 Å². The largest absolute Gasteiger partial charge is 0.448 e. The van der Waals surface area contributed by atoms with E-state index in [1.54, 1.807) is 12.3 Å². The summed E-state index contributed by atoms with van der Waals surface area (Å²) in [7, 11) is 0. The number of β-lactam (4-membered cyclic amide) rings is 1. The van der Waals surface area contributed by atoms with Crippen molar-refractivity contribution < 1.29 is 14.3 Å². The second-order valence-electron chi connectivity index (χ2n) is 7.63. The van der Waals surface area contributed by atoms with Gasteiger partial charge in [0, 0.05) is 10.7 Å². The highest BCUT2D eigenvalue weighted by atomic mass is 32.2. The van der Waals surface area contributed by atoms with Gasteiger partial charge >= 0.3 is 5.97 Å². The van der Waals surface area contributed by atoms with Crippen LogP contribution in [-0.4, -0.2) is 49.4 Å². The Kier molecular flexibility index (Phi) is 6.52. The van der Waals surface area contributed by atoms with Crippen molar-refractivity contribution >= 4 is 41.5 Å². The number of amides is 1. The maximum Gasteiger partial charge on any atom is 0.356 e. The number of ether oxygens (including phenoxy) is 1. The van der Waals surface area contributed by atoms with Gasteiger partial charge < -0.3 is 10.5 Å². The zero-order chi connectivity index (χ0) is 23.5. The third-order valence-corrected chi connectivity index (χ3v) is 7.86. The third-order valence-electron chi connectivity index (χ3n) is 5.48. The van der Waals surface area contributed by atoms with Crippen LogP contribution in [-0.2, 0) is 14.3 Å². The van der Waals surface area contributed by atoms with Gasteiger partial charge in [-0.1, -0.05) is 72.4 Å². The number of nitrogens with zero attached hydrogens (tertiary/aromatic N) is 3. The average Bonchev–Trinajstić information content (AvgIpc) is 3.41. The number of esters is 1. The number of thioether (sulfide) groups is 2. The van der Waals surface area contributed by atoms with Crippen molar-refractivity contribution in [3.8, 4) is 0 Å². The highest BCUT2D eigenvalue weighted by Gasteiger charge is 2.52. The molecule has 1 fully saturated rings. The first-order valence-electron chi connectivity index (χ1n) is 10.6. The number of nitrogens with one attached hydrogen (secondary N) is 1. The minimum absolute atomic E-state index is 0.252. The number of nitrogens with two attached hydrogens (primary N) is 1. The number of benzene rings is 2. The van der Waals surface area contributed by atoms with Crippen molar-refractivity contribution in [2.24, 2.45) is 5.73 Å². The smallest absolute Gasteiger partial charge is 0.356 e. The van der Waals surface area contributed by atoms with Gasteiger partial charge in [-0.15, -0.1) is 11.8 Å². The van der Waals surface area contributed by atoms with Crippen LogP contribution < -0.4 is 5.73 Å². The van der Waals surface area contributed by atoms with Crippen LogP contribution in [0.5, 0.6) is 0 Å².